The second kappa shape index (κ2) is 4.60. The van der Waals surface area contributed by atoms with Gasteiger partial charge in [-0.25, -0.2) is 4.79 Å². The summed E-state index contributed by atoms with van der Waals surface area (Å²) in [5.74, 6) is 0.343. The van der Waals surface area contributed by atoms with Crippen molar-refractivity contribution in [1.29, 1.82) is 0 Å². The molecular formula is C17H24O4. The van der Waals surface area contributed by atoms with Crippen LogP contribution in [-0.4, -0.2) is 17.2 Å². The maximum Gasteiger partial charge on any atom is 0.371 e. The molecule has 0 saturated heterocycles. The lowest BCUT2D eigenvalue weighted by atomic mass is 9.70. The Morgan fingerprint density at radius 1 is 1.48 bits per heavy atom. The molecule has 1 aromatic heterocycles. The van der Waals surface area contributed by atoms with E-state index in [1.54, 1.807) is 13.0 Å². The summed E-state index contributed by atoms with van der Waals surface area (Å²) in [6, 6.07) is 1.58. The summed E-state index contributed by atoms with van der Waals surface area (Å²) < 4.78 is 11.4. The monoisotopic (exact) mass is 292 g/mol. The molecule has 3 atom stereocenters. The van der Waals surface area contributed by atoms with Gasteiger partial charge in [0.1, 0.15) is 5.76 Å². The van der Waals surface area contributed by atoms with Gasteiger partial charge in [-0.1, -0.05) is 20.8 Å². The summed E-state index contributed by atoms with van der Waals surface area (Å²) in [4.78, 5) is 10.9. The molecule has 21 heavy (non-hydrogen) atoms. The third-order valence-electron chi connectivity index (χ3n) is 6.39. The van der Waals surface area contributed by atoms with Gasteiger partial charge in [0.2, 0.25) is 5.76 Å². The van der Waals surface area contributed by atoms with Gasteiger partial charge in [-0.3, -0.25) is 0 Å². The van der Waals surface area contributed by atoms with E-state index in [-0.39, 0.29) is 17.3 Å². The first-order chi connectivity index (χ1) is 9.75. The predicted octanol–water partition coefficient (Wildman–Crippen LogP) is 4.02. The number of furan rings is 1. The fraction of sp³-hybridized carbons (Fsp3) is 0.706. The van der Waals surface area contributed by atoms with E-state index in [2.05, 4.69) is 20.8 Å². The van der Waals surface area contributed by atoms with Crippen LogP contribution in [0.1, 0.15) is 61.9 Å². The Bertz CT molecular complexity index is 571. The molecule has 0 aliphatic heterocycles. The molecule has 2 aliphatic rings. The summed E-state index contributed by atoms with van der Waals surface area (Å²) in [6.45, 7) is 9.29. The van der Waals surface area contributed by atoms with Gasteiger partial charge in [-0.05, 0) is 49.0 Å². The molecule has 1 N–H and O–H groups in total. The summed E-state index contributed by atoms with van der Waals surface area (Å²) in [5.41, 5.74) is 1.40. The van der Waals surface area contributed by atoms with E-state index in [9.17, 15) is 4.79 Å². The highest BCUT2D eigenvalue weighted by atomic mass is 16.5. The van der Waals surface area contributed by atoms with Crippen molar-refractivity contribution in [3.8, 4) is 0 Å². The minimum absolute atomic E-state index is 0.00872. The van der Waals surface area contributed by atoms with Gasteiger partial charge in [-0.2, -0.15) is 0 Å². The van der Waals surface area contributed by atoms with Gasteiger partial charge in [0, 0.05) is 5.56 Å². The van der Waals surface area contributed by atoms with Crippen LogP contribution >= 0.6 is 0 Å². The molecule has 2 bridgehead atoms. The first-order valence-electron chi connectivity index (χ1n) is 7.70. The molecule has 2 fully saturated rings. The van der Waals surface area contributed by atoms with Crippen LogP contribution in [0.15, 0.2) is 10.5 Å². The predicted molar refractivity (Wildman–Crippen MR) is 78.2 cm³/mol. The topological polar surface area (TPSA) is 59.7 Å². The number of hydrogen-bond donors (Lipinski definition) is 1. The molecule has 2 aliphatic carbocycles. The first kappa shape index (κ1) is 14.6. The highest BCUT2D eigenvalue weighted by Gasteiger charge is 2.61. The molecule has 4 nitrogen and oxygen atoms in total. The summed E-state index contributed by atoms with van der Waals surface area (Å²) in [5, 5.41) is 8.96. The zero-order valence-corrected chi connectivity index (χ0v) is 13.2. The molecule has 0 spiro atoms. The number of ether oxygens (including phenoxy) is 1. The minimum Gasteiger partial charge on any atom is -0.475 e. The Hall–Kier alpha value is -1.29. The van der Waals surface area contributed by atoms with E-state index in [4.69, 9.17) is 14.3 Å². The molecule has 3 rings (SSSR count). The van der Waals surface area contributed by atoms with Crippen molar-refractivity contribution in [2.75, 3.05) is 0 Å². The van der Waals surface area contributed by atoms with Crippen LogP contribution in [0, 0.1) is 23.7 Å². The van der Waals surface area contributed by atoms with Gasteiger partial charge in [0.15, 0.2) is 0 Å². The highest BCUT2D eigenvalue weighted by molar-refractivity contribution is 5.84. The number of hydrogen-bond acceptors (Lipinski definition) is 3. The maximum absolute atomic E-state index is 10.9. The van der Waals surface area contributed by atoms with Crippen molar-refractivity contribution in [1.82, 2.24) is 0 Å². The van der Waals surface area contributed by atoms with Gasteiger partial charge < -0.3 is 14.3 Å². The summed E-state index contributed by atoms with van der Waals surface area (Å²) in [7, 11) is 0. The molecule has 0 aromatic carbocycles. The van der Waals surface area contributed by atoms with Crippen LogP contribution in [0.5, 0.6) is 0 Å². The highest BCUT2D eigenvalue weighted by Crippen LogP contribution is 2.66. The Balaban J connectivity index is 1.71. The molecule has 1 heterocycles. The van der Waals surface area contributed by atoms with Crippen molar-refractivity contribution in [2.45, 2.75) is 59.7 Å². The standard InChI is InChI=1S/C17H24O4/c1-10-11(7-13(21-10)15(18)19)9-20-14-8-12-5-6-17(14,4)16(12,2)3/h7,12,14H,5-6,8-9H2,1-4H3,(H,18,19). The summed E-state index contributed by atoms with van der Waals surface area (Å²) >= 11 is 0. The number of carboxylic acid groups (broad SMARTS) is 1. The number of aryl methyl sites for hydroxylation is 1. The van der Waals surface area contributed by atoms with E-state index < -0.39 is 5.97 Å². The molecule has 4 heteroatoms. The molecule has 1 aromatic rings. The third kappa shape index (κ3) is 2.03. The Labute approximate surface area is 125 Å². The summed E-state index contributed by atoms with van der Waals surface area (Å²) in [6.07, 6.45) is 3.90. The second-order valence-corrected chi connectivity index (χ2v) is 7.41. The third-order valence-corrected chi connectivity index (χ3v) is 6.39. The molecule has 0 radical (unpaired) electrons. The molecule has 116 valence electrons. The number of fused-ring (bicyclic) bond motifs is 2. The van der Waals surface area contributed by atoms with Gasteiger partial charge in [0.25, 0.3) is 0 Å². The quantitative estimate of drug-likeness (QED) is 0.910. The number of carboxylic acids is 1. The smallest absolute Gasteiger partial charge is 0.371 e. The SMILES string of the molecule is Cc1oc(C(=O)O)cc1COC1CC2CCC1(C)C2(C)C. The normalized spacial score (nSPS) is 33.5. The molecule has 3 unspecified atom stereocenters. The second-order valence-electron chi connectivity index (χ2n) is 7.41. The van der Waals surface area contributed by atoms with Gasteiger partial charge in [-0.15, -0.1) is 0 Å². The fourth-order valence-corrected chi connectivity index (χ4v) is 4.34. The van der Waals surface area contributed by atoms with Crippen molar-refractivity contribution < 1.29 is 19.1 Å². The maximum atomic E-state index is 10.9. The minimum atomic E-state index is -1.03. The molecule has 2 saturated carbocycles. The first-order valence-corrected chi connectivity index (χ1v) is 7.70. The number of rotatable bonds is 4. The van der Waals surface area contributed by atoms with Crippen LogP contribution in [0.4, 0.5) is 0 Å². The van der Waals surface area contributed by atoms with Crippen LogP contribution in [-0.2, 0) is 11.3 Å². The van der Waals surface area contributed by atoms with Crippen LogP contribution in [0.3, 0.4) is 0 Å². The largest absolute Gasteiger partial charge is 0.475 e. The van der Waals surface area contributed by atoms with E-state index in [0.717, 1.165) is 17.9 Å². The Morgan fingerprint density at radius 2 is 2.19 bits per heavy atom. The lowest BCUT2D eigenvalue weighted by molar-refractivity contribution is -0.0553. The van der Waals surface area contributed by atoms with Crippen LogP contribution in [0.25, 0.3) is 0 Å². The van der Waals surface area contributed by atoms with Crippen LogP contribution in [0.2, 0.25) is 0 Å². The molecular weight excluding hydrogens is 268 g/mol. The van der Waals surface area contributed by atoms with E-state index in [1.165, 1.54) is 12.8 Å². The Kier molecular flexibility index (Phi) is 3.21. The number of carbonyl (C=O) groups is 1. The van der Waals surface area contributed by atoms with E-state index in [1.807, 2.05) is 0 Å². The Morgan fingerprint density at radius 3 is 2.67 bits per heavy atom. The van der Waals surface area contributed by atoms with Crippen molar-refractivity contribution in [3.63, 3.8) is 0 Å². The van der Waals surface area contributed by atoms with E-state index in [0.29, 0.717) is 17.8 Å². The fourth-order valence-electron chi connectivity index (χ4n) is 4.34. The lowest BCUT2D eigenvalue weighted by Gasteiger charge is -2.38. The zero-order chi connectivity index (χ0) is 15.4. The average molecular weight is 292 g/mol. The lowest BCUT2D eigenvalue weighted by Crippen LogP contribution is -2.37. The zero-order valence-electron chi connectivity index (χ0n) is 13.2. The molecule has 0 amide bonds. The van der Waals surface area contributed by atoms with Gasteiger partial charge in [0.05, 0.1) is 12.7 Å². The van der Waals surface area contributed by atoms with Crippen molar-refractivity contribution in [2.24, 2.45) is 16.7 Å². The van der Waals surface area contributed by atoms with Crippen molar-refractivity contribution >= 4 is 5.97 Å². The van der Waals surface area contributed by atoms with Crippen molar-refractivity contribution in [3.05, 3.63) is 23.2 Å². The number of aromatic carboxylic acids is 1. The van der Waals surface area contributed by atoms with E-state index >= 15 is 0 Å². The van der Waals surface area contributed by atoms with Crippen LogP contribution < -0.4 is 0 Å². The van der Waals surface area contributed by atoms with Gasteiger partial charge >= 0.3 is 5.97 Å². The average Bonchev–Trinajstić information content (AvgIpc) is 2.94.